The monoisotopic (exact) mass is 444 g/mol. The highest BCUT2D eigenvalue weighted by molar-refractivity contribution is 5.88. The van der Waals surface area contributed by atoms with Crippen LogP contribution >= 0.6 is 0 Å². The van der Waals surface area contributed by atoms with Crippen molar-refractivity contribution >= 4 is 11.8 Å². The quantitative estimate of drug-likeness (QED) is 0.498. The average Bonchev–Trinajstić information content (AvgIpc) is 2.85. The van der Waals surface area contributed by atoms with Crippen LogP contribution in [0.3, 0.4) is 0 Å². The number of nitrogens with one attached hydrogen (secondary N) is 1. The van der Waals surface area contributed by atoms with Crippen LogP contribution in [0.25, 0.3) is 0 Å². The second kappa shape index (κ2) is 11.9. The van der Waals surface area contributed by atoms with Gasteiger partial charge in [0.05, 0.1) is 0 Å². The number of hydrogen-bond acceptors (Lipinski definition) is 3. The highest BCUT2D eigenvalue weighted by atomic mass is 16.5. The van der Waals surface area contributed by atoms with Crippen molar-refractivity contribution in [1.29, 1.82) is 0 Å². The van der Waals surface area contributed by atoms with Crippen LogP contribution in [-0.4, -0.2) is 36.4 Å². The number of para-hydroxylation sites is 1. The Morgan fingerprint density at radius 2 is 1.42 bits per heavy atom. The molecule has 5 heteroatoms. The van der Waals surface area contributed by atoms with E-state index in [0.717, 1.165) is 16.7 Å². The van der Waals surface area contributed by atoms with Gasteiger partial charge in [-0.25, -0.2) is 0 Å². The lowest BCUT2D eigenvalue weighted by Gasteiger charge is -2.31. The molecule has 1 atom stereocenters. The molecule has 0 radical (unpaired) electrons. The first-order valence-electron chi connectivity index (χ1n) is 11.3. The van der Waals surface area contributed by atoms with E-state index >= 15 is 0 Å². The maximum absolute atomic E-state index is 13.5. The molecule has 0 aliphatic carbocycles. The average molecular weight is 445 g/mol. The fourth-order valence-electron chi connectivity index (χ4n) is 3.81. The second-order valence-electron chi connectivity index (χ2n) is 8.31. The summed E-state index contributed by atoms with van der Waals surface area (Å²) in [4.78, 5) is 28.0. The van der Waals surface area contributed by atoms with Gasteiger partial charge in [0, 0.05) is 20.0 Å². The topological polar surface area (TPSA) is 58.6 Å². The van der Waals surface area contributed by atoms with Gasteiger partial charge in [-0.15, -0.1) is 0 Å². The zero-order valence-electron chi connectivity index (χ0n) is 19.5. The third-order valence-electron chi connectivity index (χ3n) is 5.61. The molecule has 0 bridgehead atoms. The molecule has 3 rings (SSSR count). The largest absolute Gasteiger partial charge is 0.483 e. The van der Waals surface area contributed by atoms with Crippen LogP contribution in [0.2, 0.25) is 0 Å². The Kier molecular flexibility index (Phi) is 8.64. The molecule has 3 aromatic carbocycles. The second-order valence-corrected chi connectivity index (χ2v) is 8.31. The van der Waals surface area contributed by atoms with Crippen molar-refractivity contribution in [1.82, 2.24) is 10.2 Å². The highest BCUT2D eigenvalue weighted by Crippen LogP contribution is 2.26. The van der Waals surface area contributed by atoms with Crippen molar-refractivity contribution in [3.63, 3.8) is 0 Å². The van der Waals surface area contributed by atoms with Gasteiger partial charge in [-0.05, 0) is 28.7 Å². The lowest BCUT2D eigenvalue weighted by molar-refractivity contribution is -0.142. The standard InChI is InChI=1S/C28H32N2O3/c1-21(2)24-16-10-11-17-26(24)33-20-27(31)30(19-23-14-8-5-9-15-23)25(28(32)29-3)18-22-12-6-4-7-13-22/h4-17,21,25H,18-20H2,1-3H3,(H,29,32)/t25-/m0/s1. The normalized spacial score (nSPS) is 11.6. The predicted octanol–water partition coefficient (Wildman–Crippen LogP) is 4.57. The number of nitrogens with zero attached hydrogens (tertiary/aromatic N) is 1. The summed E-state index contributed by atoms with van der Waals surface area (Å²) in [7, 11) is 1.60. The molecule has 0 aliphatic rings. The van der Waals surface area contributed by atoms with Crippen molar-refractivity contribution < 1.29 is 14.3 Å². The van der Waals surface area contributed by atoms with Crippen molar-refractivity contribution in [2.75, 3.05) is 13.7 Å². The zero-order valence-corrected chi connectivity index (χ0v) is 19.5. The molecular weight excluding hydrogens is 412 g/mol. The number of amides is 2. The minimum Gasteiger partial charge on any atom is -0.483 e. The van der Waals surface area contributed by atoms with Crippen LogP contribution in [0, 0.1) is 0 Å². The third kappa shape index (κ3) is 6.69. The van der Waals surface area contributed by atoms with Crippen LogP contribution in [0.5, 0.6) is 5.75 Å². The Morgan fingerprint density at radius 3 is 2.03 bits per heavy atom. The maximum atomic E-state index is 13.5. The number of rotatable bonds is 10. The lowest BCUT2D eigenvalue weighted by Crippen LogP contribution is -2.51. The molecule has 172 valence electrons. The van der Waals surface area contributed by atoms with E-state index in [9.17, 15) is 9.59 Å². The molecule has 0 saturated carbocycles. The van der Waals surface area contributed by atoms with Gasteiger partial charge in [0.25, 0.3) is 5.91 Å². The van der Waals surface area contributed by atoms with Crippen LogP contribution in [0.4, 0.5) is 0 Å². The molecular formula is C28H32N2O3. The van der Waals surface area contributed by atoms with E-state index in [-0.39, 0.29) is 24.3 Å². The molecule has 2 amide bonds. The summed E-state index contributed by atoms with van der Waals surface area (Å²) >= 11 is 0. The Hall–Kier alpha value is -3.60. The molecule has 0 spiro atoms. The fraction of sp³-hybridized carbons (Fsp3) is 0.286. The summed E-state index contributed by atoms with van der Waals surface area (Å²) in [6.45, 7) is 4.36. The molecule has 33 heavy (non-hydrogen) atoms. The van der Waals surface area contributed by atoms with Crippen molar-refractivity contribution in [3.05, 3.63) is 102 Å². The van der Waals surface area contributed by atoms with E-state index in [1.807, 2.05) is 84.9 Å². The van der Waals surface area contributed by atoms with Crippen LogP contribution < -0.4 is 10.1 Å². The van der Waals surface area contributed by atoms with Gasteiger partial charge in [0.1, 0.15) is 11.8 Å². The Morgan fingerprint density at radius 1 is 0.848 bits per heavy atom. The number of likely N-dealkylation sites (N-methyl/N-ethyl adjacent to an activating group) is 1. The first-order chi connectivity index (χ1) is 16.0. The van der Waals surface area contributed by atoms with Crippen LogP contribution in [0.1, 0.15) is 36.5 Å². The highest BCUT2D eigenvalue weighted by Gasteiger charge is 2.30. The molecule has 0 aromatic heterocycles. The molecule has 5 nitrogen and oxygen atoms in total. The summed E-state index contributed by atoms with van der Waals surface area (Å²) in [5, 5.41) is 2.73. The fourth-order valence-corrected chi connectivity index (χ4v) is 3.81. The Labute approximate surface area is 196 Å². The first-order valence-corrected chi connectivity index (χ1v) is 11.3. The Balaban J connectivity index is 1.87. The summed E-state index contributed by atoms with van der Waals surface area (Å²) in [6.07, 6.45) is 0.418. The number of hydrogen-bond donors (Lipinski definition) is 1. The third-order valence-corrected chi connectivity index (χ3v) is 5.61. The SMILES string of the molecule is CNC(=O)[C@H](Cc1ccccc1)N(Cc1ccccc1)C(=O)COc1ccccc1C(C)C. The van der Waals surface area contributed by atoms with Gasteiger partial charge in [0.15, 0.2) is 6.61 Å². The van der Waals surface area contributed by atoms with E-state index in [0.29, 0.717) is 18.7 Å². The van der Waals surface area contributed by atoms with Gasteiger partial charge < -0.3 is 15.0 Å². The number of carbonyl (C=O) groups is 2. The summed E-state index contributed by atoms with van der Waals surface area (Å²) < 4.78 is 5.97. The van der Waals surface area contributed by atoms with E-state index < -0.39 is 6.04 Å². The van der Waals surface area contributed by atoms with Crippen molar-refractivity contribution in [2.24, 2.45) is 0 Å². The molecule has 0 saturated heterocycles. The smallest absolute Gasteiger partial charge is 0.261 e. The minimum atomic E-state index is -0.658. The lowest BCUT2D eigenvalue weighted by atomic mass is 10.0. The zero-order chi connectivity index (χ0) is 23.6. The number of carbonyl (C=O) groups excluding carboxylic acids is 2. The van der Waals surface area contributed by atoms with Crippen molar-refractivity contribution in [3.8, 4) is 5.75 Å². The molecule has 0 unspecified atom stereocenters. The molecule has 3 aromatic rings. The predicted molar refractivity (Wildman–Crippen MR) is 131 cm³/mol. The molecule has 0 aliphatic heterocycles. The Bertz CT molecular complexity index is 1040. The van der Waals surface area contributed by atoms with Gasteiger partial charge in [-0.3, -0.25) is 9.59 Å². The number of benzene rings is 3. The molecule has 0 heterocycles. The first kappa shape index (κ1) is 24.1. The molecule has 1 N–H and O–H groups in total. The van der Waals surface area contributed by atoms with Crippen LogP contribution in [-0.2, 0) is 22.6 Å². The maximum Gasteiger partial charge on any atom is 0.261 e. The van der Waals surface area contributed by atoms with Crippen molar-refractivity contribution in [2.45, 2.75) is 38.8 Å². The van der Waals surface area contributed by atoms with E-state index in [1.54, 1.807) is 11.9 Å². The summed E-state index contributed by atoms with van der Waals surface area (Å²) in [6, 6.07) is 26.5. The molecule has 0 fully saturated rings. The number of ether oxygens (including phenoxy) is 1. The van der Waals surface area contributed by atoms with Gasteiger partial charge in [-0.1, -0.05) is 92.7 Å². The van der Waals surface area contributed by atoms with Gasteiger partial charge >= 0.3 is 0 Å². The van der Waals surface area contributed by atoms with Gasteiger partial charge in [0.2, 0.25) is 5.91 Å². The van der Waals surface area contributed by atoms with E-state index in [1.165, 1.54) is 0 Å². The van der Waals surface area contributed by atoms with Gasteiger partial charge in [-0.2, -0.15) is 0 Å². The van der Waals surface area contributed by atoms with Crippen LogP contribution in [0.15, 0.2) is 84.9 Å². The van der Waals surface area contributed by atoms with E-state index in [4.69, 9.17) is 4.74 Å². The van der Waals surface area contributed by atoms with E-state index in [2.05, 4.69) is 19.2 Å². The summed E-state index contributed by atoms with van der Waals surface area (Å²) in [5.74, 6) is 0.529. The summed E-state index contributed by atoms with van der Waals surface area (Å²) in [5.41, 5.74) is 2.99. The minimum absolute atomic E-state index is 0.140.